The Morgan fingerprint density at radius 1 is 0.738 bits per heavy atom. The molecule has 2 rings (SSSR count). The van der Waals surface area contributed by atoms with Gasteiger partial charge in [0.1, 0.15) is 42.7 Å². The Labute approximate surface area is 248 Å². The lowest BCUT2D eigenvalue weighted by Crippen LogP contribution is -2.61. The van der Waals surface area contributed by atoms with Crippen LogP contribution in [0.4, 0.5) is 0 Å². The molecule has 0 aromatic heterocycles. The molecular formula is C29H54O13. The first kappa shape index (κ1) is 37.2. The summed E-state index contributed by atoms with van der Waals surface area (Å²) in [4.78, 5) is 11.2. The predicted octanol–water partition coefficient (Wildman–Crippen LogP) is 0.258. The normalized spacial score (nSPS) is 35.1. The minimum absolute atomic E-state index is 0.0191. The SMILES string of the molecule is CCCC[C@@H](CCCCCCCC[C@H](O)CC(=O)OC)O[C@@H]1O[C@H](CO[C@@H]2O[C@@H](C)[C@H](O)[C@@H](O)[C@H]2O)[C@@H](O)[C@H](O)[C@H]1O. The van der Waals surface area contributed by atoms with Crippen molar-refractivity contribution in [3.8, 4) is 0 Å². The van der Waals surface area contributed by atoms with Crippen molar-refractivity contribution in [3.63, 3.8) is 0 Å². The first-order valence-corrected chi connectivity index (χ1v) is 15.4. The van der Waals surface area contributed by atoms with Crippen LogP contribution in [-0.4, -0.2) is 129 Å². The molecule has 0 bridgehead atoms. The number of aliphatic hydroxyl groups excluding tert-OH is 7. The molecule has 13 nitrogen and oxygen atoms in total. The number of aliphatic hydroxyl groups is 7. The minimum Gasteiger partial charge on any atom is -0.469 e. The zero-order chi connectivity index (χ0) is 31.2. The van der Waals surface area contributed by atoms with E-state index < -0.39 is 73.5 Å². The topological polar surface area (TPSA) is 205 Å². The van der Waals surface area contributed by atoms with Crippen LogP contribution in [0.1, 0.15) is 90.9 Å². The molecule has 12 atom stereocenters. The van der Waals surface area contributed by atoms with Crippen LogP contribution < -0.4 is 0 Å². The molecule has 2 saturated heterocycles. The Morgan fingerprint density at radius 3 is 1.95 bits per heavy atom. The van der Waals surface area contributed by atoms with Gasteiger partial charge < -0.3 is 59.4 Å². The quantitative estimate of drug-likeness (QED) is 0.0775. The number of ether oxygens (including phenoxy) is 5. The average Bonchev–Trinajstić information content (AvgIpc) is 2.97. The maximum absolute atomic E-state index is 11.2. The third-order valence-electron chi connectivity index (χ3n) is 8.05. The lowest BCUT2D eigenvalue weighted by Gasteiger charge is -2.43. The van der Waals surface area contributed by atoms with Crippen molar-refractivity contribution in [3.05, 3.63) is 0 Å². The van der Waals surface area contributed by atoms with Gasteiger partial charge in [-0.1, -0.05) is 58.3 Å². The van der Waals surface area contributed by atoms with Crippen molar-refractivity contribution in [1.29, 1.82) is 0 Å². The number of unbranched alkanes of at least 4 members (excludes halogenated alkanes) is 6. The van der Waals surface area contributed by atoms with Crippen LogP contribution in [0.25, 0.3) is 0 Å². The third kappa shape index (κ3) is 11.8. The van der Waals surface area contributed by atoms with Crippen LogP contribution in [0.5, 0.6) is 0 Å². The highest BCUT2D eigenvalue weighted by Crippen LogP contribution is 2.28. The summed E-state index contributed by atoms with van der Waals surface area (Å²) >= 11 is 0. The van der Waals surface area contributed by atoms with E-state index in [4.69, 9.17) is 18.9 Å². The Kier molecular flexibility index (Phi) is 17.2. The molecule has 0 aliphatic carbocycles. The maximum Gasteiger partial charge on any atom is 0.308 e. The molecule has 7 N–H and O–H groups in total. The fourth-order valence-electron chi connectivity index (χ4n) is 5.25. The second-order valence-electron chi connectivity index (χ2n) is 11.6. The van der Waals surface area contributed by atoms with Gasteiger partial charge in [-0.2, -0.15) is 0 Å². The molecule has 0 spiro atoms. The van der Waals surface area contributed by atoms with Gasteiger partial charge in [0.15, 0.2) is 12.6 Å². The van der Waals surface area contributed by atoms with Crippen LogP contribution in [-0.2, 0) is 28.5 Å². The Hall–Kier alpha value is -0.970. The summed E-state index contributed by atoms with van der Waals surface area (Å²) in [6, 6.07) is 0. The highest BCUT2D eigenvalue weighted by Gasteiger charge is 2.47. The molecule has 2 fully saturated rings. The van der Waals surface area contributed by atoms with Crippen LogP contribution in [0.2, 0.25) is 0 Å². The van der Waals surface area contributed by atoms with E-state index in [1.54, 1.807) is 0 Å². The summed E-state index contributed by atoms with van der Waals surface area (Å²) < 4.78 is 27.4. The Morgan fingerprint density at radius 2 is 1.31 bits per heavy atom. The molecule has 0 saturated carbocycles. The number of rotatable bonds is 19. The number of methoxy groups -OCH3 is 1. The smallest absolute Gasteiger partial charge is 0.308 e. The summed E-state index contributed by atoms with van der Waals surface area (Å²) in [7, 11) is 1.31. The summed E-state index contributed by atoms with van der Waals surface area (Å²) in [6.07, 6.45) is -4.56. The van der Waals surface area contributed by atoms with Crippen LogP contribution >= 0.6 is 0 Å². The molecule has 42 heavy (non-hydrogen) atoms. The molecule has 2 aliphatic rings. The lowest BCUT2D eigenvalue weighted by atomic mass is 9.98. The molecule has 248 valence electrons. The molecule has 2 heterocycles. The van der Waals surface area contributed by atoms with Gasteiger partial charge in [0.25, 0.3) is 0 Å². The van der Waals surface area contributed by atoms with E-state index in [0.717, 1.165) is 64.2 Å². The van der Waals surface area contributed by atoms with Gasteiger partial charge in [0, 0.05) is 0 Å². The van der Waals surface area contributed by atoms with Crippen LogP contribution in [0, 0.1) is 0 Å². The first-order chi connectivity index (χ1) is 20.0. The Balaban J connectivity index is 1.79. The summed E-state index contributed by atoms with van der Waals surface area (Å²) in [5.41, 5.74) is 0. The number of hydrogen-bond acceptors (Lipinski definition) is 13. The van der Waals surface area contributed by atoms with E-state index in [9.17, 15) is 40.5 Å². The van der Waals surface area contributed by atoms with Crippen molar-refractivity contribution >= 4 is 5.97 Å². The largest absolute Gasteiger partial charge is 0.469 e. The summed E-state index contributed by atoms with van der Waals surface area (Å²) in [5.74, 6) is -0.408. The highest BCUT2D eigenvalue weighted by molar-refractivity contribution is 5.69. The highest BCUT2D eigenvalue weighted by atomic mass is 16.7. The van der Waals surface area contributed by atoms with Crippen molar-refractivity contribution in [1.82, 2.24) is 0 Å². The molecule has 0 aromatic rings. The van der Waals surface area contributed by atoms with E-state index in [2.05, 4.69) is 11.7 Å². The predicted molar refractivity (Wildman–Crippen MR) is 149 cm³/mol. The molecule has 0 unspecified atom stereocenters. The molecule has 0 amide bonds. The number of carbonyl (C=O) groups excluding carboxylic acids is 1. The van der Waals surface area contributed by atoms with E-state index in [0.29, 0.717) is 6.42 Å². The van der Waals surface area contributed by atoms with Gasteiger partial charge >= 0.3 is 5.97 Å². The van der Waals surface area contributed by atoms with Crippen molar-refractivity contribution < 1.29 is 64.2 Å². The van der Waals surface area contributed by atoms with Gasteiger partial charge in [-0.05, 0) is 26.2 Å². The van der Waals surface area contributed by atoms with Crippen molar-refractivity contribution in [2.24, 2.45) is 0 Å². The van der Waals surface area contributed by atoms with E-state index in [1.807, 2.05) is 0 Å². The second-order valence-corrected chi connectivity index (χ2v) is 11.6. The van der Waals surface area contributed by atoms with Gasteiger partial charge in [0.05, 0.1) is 38.4 Å². The molecular weight excluding hydrogens is 556 g/mol. The minimum atomic E-state index is -1.56. The zero-order valence-electron chi connectivity index (χ0n) is 25.2. The fraction of sp³-hybridized carbons (Fsp3) is 0.966. The van der Waals surface area contributed by atoms with E-state index >= 15 is 0 Å². The average molecular weight is 611 g/mol. The number of carbonyl (C=O) groups is 1. The monoisotopic (exact) mass is 610 g/mol. The van der Waals surface area contributed by atoms with Gasteiger partial charge in [-0.15, -0.1) is 0 Å². The lowest BCUT2D eigenvalue weighted by molar-refractivity contribution is -0.333. The summed E-state index contributed by atoms with van der Waals surface area (Å²) in [6.45, 7) is 3.25. The van der Waals surface area contributed by atoms with Crippen LogP contribution in [0.3, 0.4) is 0 Å². The van der Waals surface area contributed by atoms with Gasteiger partial charge in [-0.25, -0.2) is 0 Å². The molecule has 2 aliphatic heterocycles. The Bertz CT molecular complexity index is 742. The third-order valence-corrected chi connectivity index (χ3v) is 8.05. The standard InChI is InChI=1S/C29H54O13/c1-4-5-13-19(14-11-9-7-6-8-10-12-18(30)15-21(31)38-3)41-29-27(37)25(35)23(33)20(42-29)16-39-28-26(36)24(34)22(32)17(2)40-28/h17-20,22-30,32-37H,4-16H2,1-3H3/t17-,18-,19-,20+,22-,23+,24+,25-,26+,27+,28+,29+/m0/s1. The number of esters is 1. The van der Waals surface area contributed by atoms with Crippen molar-refractivity contribution in [2.45, 2.75) is 165 Å². The van der Waals surface area contributed by atoms with Gasteiger partial charge in [-0.3, -0.25) is 4.79 Å². The first-order valence-electron chi connectivity index (χ1n) is 15.4. The maximum atomic E-state index is 11.2. The van der Waals surface area contributed by atoms with Crippen molar-refractivity contribution in [2.75, 3.05) is 13.7 Å². The molecule has 0 aromatic carbocycles. The second kappa shape index (κ2) is 19.4. The van der Waals surface area contributed by atoms with E-state index in [-0.39, 0.29) is 19.1 Å². The molecule has 0 radical (unpaired) electrons. The fourth-order valence-corrected chi connectivity index (χ4v) is 5.25. The summed E-state index contributed by atoms with van der Waals surface area (Å²) in [5, 5.41) is 71.4. The van der Waals surface area contributed by atoms with Crippen LogP contribution in [0.15, 0.2) is 0 Å². The molecule has 13 heteroatoms. The zero-order valence-corrected chi connectivity index (χ0v) is 25.2. The van der Waals surface area contributed by atoms with Gasteiger partial charge in [0.2, 0.25) is 0 Å². The van der Waals surface area contributed by atoms with E-state index in [1.165, 1.54) is 14.0 Å². The number of hydrogen-bond donors (Lipinski definition) is 7.